The number of halogens is 1. The summed E-state index contributed by atoms with van der Waals surface area (Å²) < 4.78 is 0.822. The van der Waals surface area contributed by atoms with Crippen molar-refractivity contribution >= 4 is 50.5 Å². The van der Waals surface area contributed by atoms with Crippen molar-refractivity contribution in [3.8, 4) is 0 Å². The van der Waals surface area contributed by atoms with Crippen LogP contribution in [0, 0.1) is 24.0 Å². The Morgan fingerprint density at radius 3 is 2.46 bits per heavy atom. The molecule has 2 aromatic rings. The quantitative estimate of drug-likeness (QED) is 0.454. The van der Waals surface area contributed by atoms with E-state index in [2.05, 4.69) is 26.6 Å². The van der Waals surface area contributed by atoms with Crippen molar-refractivity contribution in [2.45, 2.75) is 13.8 Å². The van der Waals surface area contributed by atoms with Crippen LogP contribution in [-0.4, -0.2) is 15.9 Å². The SMILES string of the molecule is Cc1ccc(C(=O)NC(=S)Nc2ccc(C)c([N+](=O)[O-])c2)cc1Br. The highest BCUT2D eigenvalue weighted by atomic mass is 79.9. The van der Waals surface area contributed by atoms with Crippen molar-refractivity contribution in [2.75, 3.05) is 5.32 Å². The highest BCUT2D eigenvalue weighted by Crippen LogP contribution is 2.22. The first kappa shape index (κ1) is 18.0. The van der Waals surface area contributed by atoms with Gasteiger partial charge in [0, 0.05) is 27.4 Å². The van der Waals surface area contributed by atoms with E-state index in [1.54, 1.807) is 31.2 Å². The van der Waals surface area contributed by atoms with E-state index in [0.717, 1.165) is 10.0 Å². The van der Waals surface area contributed by atoms with Crippen molar-refractivity contribution in [3.63, 3.8) is 0 Å². The van der Waals surface area contributed by atoms with Crippen molar-refractivity contribution in [3.05, 3.63) is 67.7 Å². The lowest BCUT2D eigenvalue weighted by Gasteiger charge is -2.10. The fourth-order valence-corrected chi connectivity index (χ4v) is 2.54. The third-order valence-electron chi connectivity index (χ3n) is 3.32. The molecule has 0 bridgehead atoms. The van der Waals surface area contributed by atoms with Gasteiger partial charge in [-0.05, 0) is 49.8 Å². The predicted molar refractivity (Wildman–Crippen MR) is 100 cm³/mol. The Balaban J connectivity index is 2.07. The highest BCUT2D eigenvalue weighted by Gasteiger charge is 2.13. The van der Waals surface area contributed by atoms with Gasteiger partial charge >= 0.3 is 0 Å². The van der Waals surface area contributed by atoms with Gasteiger partial charge in [0.15, 0.2) is 5.11 Å². The number of nitro benzene ring substituents is 1. The first-order valence-corrected chi connectivity index (χ1v) is 8.11. The maximum Gasteiger partial charge on any atom is 0.274 e. The minimum Gasteiger partial charge on any atom is -0.332 e. The van der Waals surface area contributed by atoms with E-state index >= 15 is 0 Å². The van der Waals surface area contributed by atoms with Crippen LogP contribution in [0.25, 0.3) is 0 Å². The Hall–Kier alpha value is -2.32. The molecule has 2 aromatic carbocycles. The molecule has 124 valence electrons. The zero-order chi connectivity index (χ0) is 17.9. The van der Waals surface area contributed by atoms with Gasteiger partial charge in [-0.1, -0.05) is 28.1 Å². The number of rotatable bonds is 3. The zero-order valence-corrected chi connectivity index (χ0v) is 15.3. The minimum absolute atomic E-state index is 0.0170. The molecule has 2 rings (SSSR count). The summed E-state index contributed by atoms with van der Waals surface area (Å²) in [5.41, 5.74) is 2.43. The van der Waals surface area contributed by atoms with E-state index in [1.165, 1.54) is 6.07 Å². The monoisotopic (exact) mass is 407 g/mol. The lowest BCUT2D eigenvalue weighted by Crippen LogP contribution is -2.34. The van der Waals surface area contributed by atoms with Gasteiger partial charge < -0.3 is 5.32 Å². The molecule has 24 heavy (non-hydrogen) atoms. The number of carbonyl (C=O) groups is 1. The molecule has 0 heterocycles. The second-order valence-electron chi connectivity index (χ2n) is 5.13. The number of thiocarbonyl (C=S) groups is 1. The highest BCUT2D eigenvalue weighted by molar-refractivity contribution is 9.10. The maximum atomic E-state index is 12.2. The van der Waals surface area contributed by atoms with Gasteiger partial charge in [0.2, 0.25) is 0 Å². The van der Waals surface area contributed by atoms with Crippen LogP contribution in [0.3, 0.4) is 0 Å². The third-order valence-corrected chi connectivity index (χ3v) is 4.38. The summed E-state index contributed by atoms with van der Waals surface area (Å²) in [6.45, 7) is 3.57. The molecule has 0 saturated carbocycles. The van der Waals surface area contributed by atoms with Gasteiger partial charge in [-0.3, -0.25) is 20.2 Å². The average Bonchev–Trinajstić information content (AvgIpc) is 2.51. The molecule has 0 aliphatic carbocycles. The second kappa shape index (κ2) is 7.50. The Kier molecular flexibility index (Phi) is 5.63. The molecule has 6 nitrogen and oxygen atoms in total. The van der Waals surface area contributed by atoms with Crippen molar-refractivity contribution in [2.24, 2.45) is 0 Å². The number of benzene rings is 2. The molecule has 2 N–H and O–H groups in total. The van der Waals surface area contributed by atoms with Gasteiger partial charge in [-0.25, -0.2) is 0 Å². The fraction of sp³-hybridized carbons (Fsp3) is 0.125. The summed E-state index contributed by atoms with van der Waals surface area (Å²) in [4.78, 5) is 22.7. The molecule has 0 saturated heterocycles. The average molecular weight is 408 g/mol. The van der Waals surface area contributed by atoms with Crippen LogP contribution >= 0.6 is 28.1 Å². The summed E-state index contributed by atoms with van der Waals surface area (Å²) in [6, 6.07) is 9.85. The number of hydrogen-bond donors (Lipinski definition) is 2. The molecule has 0 aliphatic heterocycles. The fourth-order valence-electron chi connectivity index (χ4n) is 1.96. The number of anilines is 1. The summed E-state index contributed by atoms with van der Waals surface area (Å²) in [6.07, 6.45) is 0. The van der Waals surface area contributed by atoms with Gasteiger partial charge in [-0.2, -0.15) is 0 Å². The van der Waals surface area contributed by atoms with Gasteiger partial charge in [0.25, 0.3) is 11.6 Å². The molecule has 8 heteroatoms. The van der Waals surface area contributed by atoms with E-state index in [4.69, 9.17) is 12.2 Å². The number of amides is 1. The second-order valence-corrected chi connectivity index (χ2v) is 6.39. The largest absolute Gasteiger partial charge is 0.332 e. The van der Waals surface area contributed by atoms with Crippen LogP contribution in [0.5, 0.6) is 0 Å². The lowest BCUT2D eigenvalue weighted by molar-refractivity contribution is -0.385. The van der Waals surface area contributed by atoms with Crippen LogP contribution in [-0.2, 0) is 0 Å². The molecule has 0 aromatic heterocycles. The summed E-state index contributed by atoms with van der Waals surface area (Å²) in [5.74, 6) is -0.366. The summed E-state index contributed by atoms with van der Waals surface area (Å²) >= 11 is 8.46. The molecular weight excluding hydrogens is 394 g/mol. The Bertz CT molecular complexity index is 839. The van der Waals surface area contributed by atoms with Crippen LogP contribution in [0.2, 0.25) is 0 Å². The number of nitrogens with zero attached hydrogens (tertiary/aromatic N) is 1. The van der Waals surface area contributed by atoms with Gasteiger partial charge in [0.05, 0.1) is 4.92 Å². The van der Waals surface area contributed by atoms with Crippen molar-refractivity contribution < 1.29 is 9.72 Å². The number of nitro groups is 1. The minimum atomic E-state index is -0.466. The van der Waals surface area contributed by atoms with Crippen LogP contribution in [0.15, 0.2) is 40.9 Å². The molecule has 0 spiro atoms. The number of hydrogen-bond acceptors (Lipinski definition) is 4. The maximum absolute atomic E-state index is 12.2. The van der Waals surface area contributed by atoms with Crippen LogP contribution in [0.4, 0.5) is 11.4 Å². The Labute approximate surface area is 152 Å². The van der Waals surface area contributed by atoms with Crippen LogP contribution in [0.1, 0.15) is 21.5 Å². The van der Waals surface area contributed by atoms with E-state index in [0.29, 0.717) is 16.8 Å². The zero-order valence-electron chi connectivity index (χ0n) is 12.9. The molecular formula is C16H14BrN3O3S. The van der Waals surface area contributed by atoms with Gasteiger partial charge in [0.1, 0.15) is 0 Å². The van der Waals surface area contributed by atoms with Crippen molar-refractivity contribution in [1.82, 2.24) is 5.32 Å². The number of aryl methyl sites for hydroxylation is 2. The topological polar surface area (TPSA) is 84.3 Å². The van der Waals surface area contributed by atoms with Crippen LogP contribution < -0.4 is 10.6 Å². The first-order chi connectivity index (χ1) is 11.3. The molecule has 0 atom stereocenters. The van der Waals surface area contributed by atoms with E-state index in [9.17, 15) is 14.9 Å². The predicted octanol–water partition coefficient (Wildman–Crippen LogP) is 4.10. The first-order valence-electron chi connectivity index (χ1n) is 6.91. The normalized spacial score (nSPS) is 10.1. The number of nitrogens with one attached hydrogen (secondary N) is 2. The smallest absolute Gasteiger partial charge is 0.274 e. The third kappa shape index (κ3) is 4.36. The molecule has 0 aliphatic rings. The number of carbonyl (C=O) groups excluding carboxylic acids is 1. The van der Waals surface area contributed by atoms with E-state index in [1.807, 2.05) is 13.0 Å². The molecule has 0 unspecified atom stereocenters. The standard InChI is InChI=1S/C16H14BrN3O3S/c1-9-3-5-11(7-13(9)17)15(21)19-16(24)18-12-6-4-10(2)14(8-12)20(22)23/h3-8H,1-2H3,(H2,18,19,21,24). The van der Waals surface area contributed by atoms with Gasteiger partial charge in [-0.15, -0.1) is 0 Å². The molecule has 0 radical (unpaired) electrons. The Morgan fingerprint density at radius 2 is 1.83 bits per heavy atom. The molecule has 1 amide bonds. The Morgan fingerprint density at radius 1 is 1.17 bits per heavy atom. The molecule has 0 fully saturated rings. The lowest BCUT2D eigenvalue weighted by atomic mass is 10.1. The van der Waals surface area contributed by atoms with E-state index in [-0.39, 0.29) is 16.7 Å². The summed E-state index contributed by atoms with van der Waals surface area (Å²) in [7, 11) is 0. The van der Waals surface area contributed by atoms with Crippen molar-refractivity contribution in [1.29, 1.82) is 0 Å². The van der Waals surface area contributed by atoms with E-state index < -0.39 is 4.92 Å². The summed E-state index contributed by atoms with van der Waals surface area (Å²) in [5, 5.41) is 16.3.